The lowest BCUT2D eigenvalue weighted by Gasteiger charge is -2.15. The molecule has 1 saturated carbocycles. The molecule has 0 radical (unpaired) electrons. The van der Waals surface area contributed by atoms with Crippen LogP contribution in [0.2, 0.25) is 0 Å². The van der Waals surface area contributed by atoms with Crippen LogP contribution in [0.5, 0.6) is 6.01 Å². The molecule has 1 fully saturated rings. The van der Waals surface area contributed by atoms with Crippen molar-refractivity contribution in [2.75, 3.05) is 25.9 Å². The van der Waals surface area contributed by atoms with Gasteiger partial charge in [0.2, 0.25) is 11.9 Å². The van der Waals surface area contributed by atoms with Gasteiger partial charge >= 0.3 is 6.01 Å². The number of ether oxygens (including phenoxy) is 1. The van der Waals surface area contributed by atoms with Gasteiger partial charge in [0.15, 0.2) is 0 Å². The Hall–Kier alpha value is -2.22. The first-order valence-corrected chi connectivity index (χ1v) is 6.55. The molecule has 2 heterocycles. The molecule has 0 aliphatic heterocycles. The Balaban J connectivity index is 1.63. The fraction of sp³-hybridized carbons (Fsp3) is 0.500. The minimum Gasteiger partial charge on any atom is -0.462 e. The first kappa shape index (κ1) is 12.8. The molecule has 2 aromatic heterocycles. The van der Waals surface area contributed by atoms with E-state index in [4.69, 9.17) is 10.5 Å². The van der Waals surface area contributed by atoms with Crippen LogP contribution >= 0.6 is 0 Å². The maximum atomic E-state index is 5.67. The maximum Gasteiger partial charge on any atom is 0.323 e. The normalized spacial score (nSPS) is 14.7. The average molecular weight is 275 g/mol. The van der Waals surface area contributed by atoms with E-state index in [0.29, 0.717) is 18.6 Å². The van der Waals surface area contributed by atoms with Gasteiger partial charge in [0.1, 0.15) is 12.9 Å². The Morgan fingerprint density at radius 3 is 2.95 bits per heavy atom. The number of nitrogens with two attached hydrogens (primary N) is 1. The third kappa shape index (κ3) is 3.02. The smallest absolute Gasteiger partial charge is 0.323 e. The van der Waals surface area contributed by atoms with Crippen molar-refractivity contribution in [1.29, 1.82) is 0 Å². The van der Waals surface area contributed by atoms with Gasteiger partial charge < -0.3 is 15.4 Å². The van der Waals surface area contributed by atoms with Crippen molar-refractivity contribution in [1.82, 2.24) is 29.4 Å². The highest BCUT2D eigenvalue weighted by molar-refractivity contribution is 5.24. The lowest BCUT2D eigenvalue weighted by Crippen LogP contribution is -2.26. The SMILES string of the molecule is CN(CCOc1nc(N)nc(-n2ccnc2)n1)C1CC1. The zero-order valence-electron chi connectivity index (χ0n) is 11.3. The summed E-state index contributed by atoms with van der Waals surface area (Å²) >= 11 is 0. The van der Waals surface area contributed by atoms with Gasteiger partial charge in [0.05, 0.1) is 0 Å². The highest BCUT2D eigenvalue weighted by Crippen LogP contribution is 2.24. The number of hydrogen-bond acceptors (Lipinski definition) is 7. The molecule has 1 aliphatic rings. The molecule has 8 nitrogen and oxygen atoms in total. The summed E-state index contributed by atoms with van der Waals surface area (Å²) in [6, 6.07) is 0.953. The molecule has 0 aromatic carbocycles. The number of hydrogen-bond donors (Lipinski definition) is 1. The molecule has 20 heavy (non-hydrogen) atoms. The Bertz CT molecular complexity index is 567. The monoisotopic (exact) mass is 275 g/mol. The average Bonchev–Trinajstić information content (AvgIpc) is 3.13. The predicted octanol–water partition coefficient (Wildman–Crippen LogP) is 0.112. The molecule has 2 aromatic rings. The van der Waals surface area contributed by atoms with Crippen molar-refractivity contribution < 1.29 is 4.74 Å². The molecule has 0 unspecified atom stereocenters. The summed E-state index contributed by atoms with van der Waals surface area (Å²) in [6.07, 6.45) is 7.53. The van der Waals surface area contributed by atoms with E-state index in [-0.39, 0.29) is 12.0 Å². The van der Waals surface area contributed by atoms with Crippen molar-refractivity contribution in [3.8, 4) is 12.0 Å². The predicted molar refractivity (Wildman–Crippen MR) is 72.5 cm³/mol. The van der Waals surface area contributed by atoms with Crippen molar-refractivity contribution >= 4 is 5.95 Å². The van der Waals surface area contributed by atoms with Gasteiger partial charge in [-0.2, -0.15) is 15.0 Å². The van der Waals surface area contributed by atoms with Crippen LogP contribution in [0.25, 0.3) is 5.95 Å². The molecule has 0 spiro atoms. The summed E-state index contributed by atoms with van der Waals surface area (Å²) < 4.78 is 7.21. The van der Waals surface area contributed by atoms with Crippen molar-refractivity contribution in [2.24, 2.45) is 0 Å². The second-order valence-electron chi connectivity index (χ2n) is 4.81. The number of aromatic nitrogens is 5. The molecule has 8 heteroatoms. The molecule has 0 saturated heterocycles. The van der Waals surface area contributed by atoms with Gasteiger partial charge in [-0.1, -0.05) is 0 Å². The zero-order valence-corrected chi connectivity index (χ0v) is 11.3. The van der Waals surface area contributed by atoms with Crippen molar-refractivity contribution in [3.63, 3.8) is 0 Å². The summed E-state index contributed by atoms with van der Waals surface area (Å²) in [4.78, 5) is 18.5. The van der Waals surface area contributed by atoms with E-state index in [1.807, 2.05) is 0 Å². The molecule has 0 bridgehead atoms. The summed E-state index contributed by atoms with van der Waals surface area (Å²) in [5, 5.41) is 0. The van der Waals surface area contributed by atoms with Crippen LogP contribution in [0, 0.1) is 0 Å². The topological polar surface area (TPSA) is 95.0 Å². The van der Waals surface area contributed by atoms with Crippen LogP contribution in [-0.4, -0.2) is 55.6 Å². The standard InChI is InChI=1S/C12H17N7O/c1-18(9-2-3-9)6-7-20-12-16-10(13)15-11(17-12)19-5-4-14-8-19/h4-5,8-9H,2-3,6-7H2,1H3,(H2,13,15,16,17). The van der Waals surface area contributed by atoms with E-state index < -0.39 is 0 Å². The molecular formula is C12H17N7O. The zero-order chi connectivity index (χ0) is 13.9. The Kier molecular flexibility index (Phi) is 3.46. The van der Waals surface area contributed by atoms with Gasteiger partial charge in [-0.25, -0.2) is 4.98 Å². The van der Waals surface area contributed by atoms with Crippen LogP contribution < -0.4 is 10.5 Å². The van der Waals surface area contributed by atoms with Crippen molar-refractivity contribution in [2.45, 2.75) is 18.9 Å². The quantitative estimate of drug-likeness (QED) is 0.799. The van der Waals surface area contributed by atoms with Gasteiger partial charge in [-0.15, -0.1) is 0 Å². The third-order valence-corrected chi connectivity index (χ3v) is 3.20. The van der Waals surface area contributed by atoms with Crippen LogP contribution in [0.3, 0.4) is 0 Å². The van der Waals surface area contributed by atoms with Gasteiger partial charge in [-0.3, -0.25) is 4.57 Å². The number of likely N-dealkylation sites (N-methyl/N-ethyl adjacent to an activating group) is 1. The lowest BCUT2D eigenvalue weighted by molar-refractivity contribution is 0.220. The lowest BCUT2D eigenvalue weighted by atomic mass is 10.5. The Labute approximate surface area is 116 Å². The second kappa shape index (κ2) is 5.41. The number of nitrogens with zero attached hydrogens (tertiary/aromatic N) is 6. The minimum absolute atomic E-state index is 0.134. The number of rotatable bonds is 6. The van der Waals surface area contributed by atoms with E-state index in [1.165, 1.54) is 12.8 Å². The molecule has 0 amide bonds. The number of imidazole rings is 1. The van der Waals surface area contributed by atoms with Crippen LogP contribution in [0.4, 0.5) is 5.95 Å². The first-order chi connectivity index (χ1) is 9.72. The van der Waals surface area contributed by atoms with E-state index in [9.17, 15) is 0 Å². The highest BCUT2D eigenvalue weighted by Gasteiger charge is 2.25. The fourth-order valence-electron chi connectivity index (χ4n) is 1.90. The number of anilines is 1. The van der Waals surface area contributed by atoms with E-state index in [1.54, 1.807) is 23.3 Å². The molecule has 2 N–H and O–H groups in total. The van der Waals surface area contributed by atoms with Crippen LogP contribution in [0.1, 0.15) is 12.8 Å². The summed E-state index contributed by atoms with van der Waals surface area (Å²) in [7, 11) is 2.10. The fourth-order valence-corrected chi connectivity index (χ4v) is 1.90. The number of nitrogen functional groups attached to an aromatic ring is 1. The second-order valence-corrected chi connectivity index (χ2v) is 4.81. The van der Waals surface area contributed by atoms with E-state index in [2.05, 4.69) is 31.9 Å². The molecule has 106 valence electrons. The maximum absolute atomic E-state index is 5.67. The summed E-state index contributed by atoms with van der Waals surface area (Å²) in [6.45, 7) is 1.37. The highest BCUT2D eigenvalue weighted by atomic mass is 16.5. The molecule has 0 atom stereocenters. The van der Waals surface area contributed by atoms with E-state index in [0.717, 1.165) is 6.54 Å². The van der Waals surface area contributed by atoms with E-state index >= 15 is 0 Å². The Morgan fingerprint density at radius 1 is 1.40 bits per heavy atom. The molecular weight excluding hydrogens is 258 g/mol. The van der Waals surface area contributed by atoms with Gasteiger partial charge in [0.25, 0.3) is 0 Å². The third-order valence-electron chi connectivity index (χ3n) is 3.20. The molecule has 1 aliphatic carbocycles. The van der Waals surface area contributed by atoms with Crippen molar-refractivity contribution in [3.05, 3.63) is 18.7 Å². The van der Waals surface area contributed by atoms with Gasteiger partial charge in [0, 0.05) is 25.0 Å². The summed E-state index contributed by atoms with van der Waals surface area (Å²) in [5.74, 6) is 0.537. The van der Waals surface area contributed by atoms with Gasteiger partial charge in [-0.05, 0) is 19.9 Å². The van der Waals surface area contributed by atoms with Crippen LogP contribution in [0.15, 0.2) is 18.7 Å². The first-order valence-electron chi connectivity index (χ1n) is 6.55. The Morgan fingerprint density at radius 2 is 2.25 bits per heavy atom. The largest absolute Gasteiger partial charge is 0.462 e. The summed E-state index contributed by atoms with van der Waals surface area (Å²) in [5.41, 5.74) is 5.67. The molecule has 3 rings (SSSR count). The van der Waals surface area contributed by atoms with Crippen LogP contribution in [-0.2, 0) is 0 Å². The minimum atomic E-state index is 0.134.